The molecular formula is C53H66F5N7O3. The zero-order valence-electron chi connectivity index (χ0n) is 40.3. The molecule has 0 spiro atoms. The second-order valence-electron chi connectivity index (χ2n) is 19.2. The Labute approximate surface area is 398 Å². The summed E-state index contributed by atoms with van der Waals surface area (Å²) in [5.41, 5.74) is 6.56. The summed E-state index contributed by atoms with van der Waals surface area (Å²) in [5, 5.41) is 23.6. The molecule has 0 aromatic heterocycles. The van der Waals surface area contributed by atoms with E-state index >= 15 is 0 Å². The van der Waals surface area contributed by atoms with Crippen LogP contribution < -0.4 is 16.4 Å². The number of rotatable bonds is 13. The van der Waals surface area contributed by atoms with Crippen LogP contribution in [0.2, 0.25) is 0 Å². The number of benzene rings is 4. The van der Waals surface area contributed by atoms with Crippen molar-refractivity contribution in [2.24, 2.45) is 5.41 Å². The molecule has 10 nitrogen and oxygen atoms in total. The number of halogens is 5. The van der Waals surface area contributed by atoms with Crippen LogP contribution in [0.4, 0.5) is 44.7 Å². The van der Waals surface area contributed by atoms with Crippen molar-refractivity contribution in [3.63, 3.8) is 0 Å². The van der Waals surface area contributed by atoms with E-state index in [9.17, 15) is 36.6 Å². The number of nitriles is 1. The molecule has 2 fully saturated rings. The third-order valence-electron chi connectivity index (χ3n) is 12.7. The van der Waals surface area contributed by atoms with Gasteiger partial charge in [-0.05, 0) is 140 Å². The average Bonchev–Trinajstić information content (AvgIpc) is 3.28. The summed E-state index contributed by atoms with van der Waals surface area (Å²) in [6.07, 6.45) is 8.21. The van der Waals surface area contributed by atoms with Gasteiger partial charge < -0.3 is 21.5 Å². The molecule has 0 radical (unpaired) electrons. The lowest BCUT2D eigenvalue weighted by Gasteiger charge is -2.31. The van der Waals surface area contributed by atoms with Crippen LogP contribution in [0.1, 0.15) is 125 Å². The fourth-order valence-electron chi connectivity index (χ4n) is 8.46. The Morgan fingerprint density at radius 3 is 1.79 bits per heavy atom. The minimum Gasteiger partial charge on any atom is -0.481 e. The first-order chi connectivity index (χ1) is 31.9. The number of nitrogens with zero attached hydrogens (tertiary/aromatic N) is 4. The van der Waals surface area contributed by atoms with Gasteiger partial charge in [-0.25, -0.2) is 13.6 Å². The van der Waals surface area contributed by atoms with Gasteiger partial charge in [0.05, 0.1) is 29.2 Å². The number of hydrogen-bond donors (Lipinski definition) is 4. The summed E-state index contributed by atoms with van der Waals surface area (Å²) in [7, 11) is 4.14. The minimum absolute atomic E-state index is 0.00803. The number of amides is 1. The molecule has 1 amide bonds. The average molecular weight is 944 g/mol. The van der Waals surface area contributed by atoms with Crippen LogP contribution in [0.25, 0.3) is 4.85 Å². The van der Waals surface area contributed by atoms with Crippen molar-refractivity contribution in [2.75, 3.05) is 30.5 Å². The number of nitrogen functional groups attached to an aromatic ring is 1. The summed E-state index contributed by atoms with van der Waals surface area (Å²) < 4.78 is 65.8. The van der Waals surface area contributed by atoms with E-state index in [1.807, 2.05) is 25.1 Å². The van der Waals surface area contributed by atoms with Crippen LogP contribution in [0, 0.1) is 41.9 Å². The van der Waals surface area contributed by atoms with Crippen molar-refractivity contribution >= 4 is 34.6 Å². The molecule has 0 atom stereocenters. The van der Waals surface area contributed by atoms with Crippen molar-refractivity contribution in [1.29, 1.82) is 5.26 Å². The van der Waals surface area contributed by atoms with Crippen molar-refractivity contribution in [2.45, 2.75) is 142 Å². The highest BCUT2D eigenvalue weighted by Gasteiger charge is 2.34. The quantitative estimate of drug-likeness (QED) is 0.0590. The Balaban J connectivity index is 0.000000243. The number of carbonyl (C=O) groups is 2. The summed E-state index contributed by atoms with van der Waals surface area (Å²) in [4.78, 5) is 32.0. The zero-order chi connectivity index (χ0) is 50.4. The first-order valence-electron chi connectivity index (χ1n) is 23.1. The number of aryl methyl sites for hydroxylation is 1. The highest BCUT2D eigenvalue weighted by atomic mass is 19.4. The Morgan fingerprint density at radius 1 is 0.794 bits per heavy atom. The topological polar surface area (TPSA) is 139 Å². The molecule has 0 aliphatic heterocycles. The van der Waals surface area contributed by atoms with Crippen LogP contribution >= 0.6 is 0 Å². The summed E-state index contributed by atoms with van der Waals surface area (Å²) in [6, 6.07) is 21.0. The molecular weight excluding hydrogens is 878 g/mol. The van der Waals surface area contributed by atoms with E-state index in [1.165, 1.54) is 88.5 Å². The third-order valence-corrected chi connectivity index (χ3v) is 12.7. The first kappa shape index (κ1) is 54.6. The molecule has 6 rings (SSSR count). The molecule has 0 bridgehead atoms. The van der Waals surface area contributed by atoms with Gasteiger partial charge in [-0.15, -0.1) is 0 Å². The van der Waals surface area contributed by atoms with Gasteiger partial charge in [0, 0.05) is 53.4 Å². The van der Waals surface area contributed by atoms with E-state index < -0.39 is 34.2 Å². The monoisotopic (exact) mass is 944 g/mol. The number of alkyl halides is 3. The van der Waals surface area contributed by atoms with Crippen LogP contribution in [0.15, 0.2) is 72.8 Å². The lowest BCUT2D eigenvalue weighted by Crippen LogP contribution is -2.44. The maximum absolute atomic E-state index is 14.8. The Morgan fingerprint density at radius 2 is 1.32 bits per heavy atom. The number of carboxylic acids is 1. The Hall–Kier alpha value is -6.03. The van der Waals surface area contributed by atoms with E-state index in [0.29, 0.717) is 59.8 Å². The number of aliphatic carboxylic acids is 1. The maximum atomic E-state index is 14.8. The van der Waals surface area contributed by atoms with E-state index in [-0.39, 0.29) is 23.2 Å². The number of nitrogens with two attached hydrogens (primary N) is 1. The molecule has 2 aliphatic rings. The highest BCUT2D eigenvalue weighted by molar-refractivity contribution is 5.99. The maximum Gasteiger partial charge on any atom is 0.417 e. The second kappa shape index (κ2) is 24.3. The van der Waals surface area contributed by atoms with E-state index in [0.717, 1.165) is 23.3 Å². The van der Waals surface area contributed by atoms with Crippen molar-refractivity contribution < 1.29 is 36.6 Å². The van der Waals surface area contributed by atoms with Crippen molar-refractivity contribution in [1.82, 2.24) is 9.80 Å². The molecule has 2 aliphatic carbocycles. The van der Waals surface area contributed by atoms with E-state index in [1.54, 1.807) is 52.0 Å². The lowest BCUT2D eigenvalue weighted by molar-refractivity contribution is -0.146. The normalized spacial score (nSPS) is 14.7. The van der Waals surface area contributed by atoms with Gasteiger partial charge in [-0.3, -0.25) is 19.4 Å². The standard InChI is InChI=1S/C26H33FN4O.C19H28FNO2.C8H5F3N2/c1-18-15-20(13-14-24(18)28-4)29-25(32)26(2,3)30-21-12-11-19(23(27)16-21)17-31(5)22-9-7-6-8-10-22;1-19(2,18(22)23)12-14-9-10-15(17(20)11-14)13-21(3)16-7-5-4-6-8-16;9-8(10,11)7-3-6(13)2-1-5(7)4-12/h11-16,22,30H,6-10,17H2,1-3,5H3,(H,29,32);9-11,16H,4-8,12-13H2,1-3H3,(H,22,23);1-3H,13H2. The van der Waals surface area contributed by atoms with Gasteiger partial charge in [0.25, 0.3) is 0 Å². The van der Waals surface area contributed by atoms with Crippen LogP contribution in [-0.2, 0) is 35.3 Å². The Bertz CT molecular complexity index is 2430. The highest BCUT2D eigenvalue weighted by Crippen LogP contribution is 2.33. The molecule has 15 heteroatoms. The second-order valence-corrected chi connectivity index (χ2v) is 19.2. The largest absolute Gasteiger partial charge is 0.481 e. The lowest BCUT2D eigenvalue weighted by atomic mass is 9.85. The van der Waals surface area contributed by atoms with Gasteiger partial charge in [0.2, 0.25) is 5.91 Å². The van der Waals surface area contributed by atoms with Gasteiger partial charge in [-0.1, -0.05) is 62.8 Å². The summed E-state index contributed by atoms with van der Waals surface area (Å²) in [5.74, 6) is -1.60. The molecule has 0 unspecified atom stereocenters. The third kappa shape index (κ3) is 16.1. The zero-order valence-corrected chi connectivity index (χ0v) is 40.3. The predicted octanol–water partition coefficient (Wildman–Crippen LogP) is 12.7. The summed E-state index contributed by atoms with van der Waals surface area (Å²) >= 11 is 0. The molecule has 2 saturated carbocycles. The number of nitrogens with one attached hydrogen (secondary N) is 2. The van der Waals surface area contributed by atoms with Gasteiger partial charge in [-0.2, -0.15) is 18.4 Å². The van der Waals surface area contributed by atoms with Gasteiger partial charge in [0.1, 0.15) is 17.2 Å². The molecule has 0 saturated heterocycles. The minimum atomic E-state index is -4.53. The van der Waals surface area contributed by atoms with Crippen molar-refractivity contribution in [3.8, 4) is 6.07 Å². The SMILES string of the molecule is CN(Cc1ccc(CC(C)(C)C(=O)O)cc1F)C1CCCCC1.N#Cc1ccc(N)cc1C(F)(F)F.[C-]#[N+]c1ccc(NC(=O)C(C)(C)Nc2ccc(CN(C)C3CCCCC3)c(F)c2)cc1C. The molecule has 366 valence electrons. The van der Waals surface area contributed by atoms with E-state index in [4.69, 9.17) is 17.6 Å². The molecule has 4 aromatic rings. The van der Waals surface area contributed by atoms with Crippen LogP contribution in [-0.4, -0.2) is 58.5 Å². The number of carboxylic acid groups (broad SMARTS) is 1. The van der Waals surface area contributed by atoms with E-state index in [2.05, 4.69) is 39.4 Å². The summed E-state index contributed by atoms with van der Waals surface area (Å²) in [6.45, 7) is 17.0. The molecule has 5 N–H and O–H groups in total. The molecule has 68 heavy (non-hydrogen) atoms. The Kier molecular flexibility index (Phi) is 19.5. The van der Waals surface area contributed by atoms with Crippen LogP contribution in [0.5, 0.6) is 0 Å². The smallest absolute Gasteiger partial charge is 0.417 e. The van der Waals surface area contributed by atoms with Gasteiger partial charge >= 0.3 is 12.1 Å². The van der Waals surface area contributed by atoms with Gasteiger partial charge in [0.15, 0.2) is 5.69 Å². The number of anilines is 3. The fourth-order valence-corrected chi connectivity index (χ4v) is 8.46. The number of carbonyl (C=O) groups excluding carboxylic acids is 1. The fraction of sp³-hybridized carbons (Fsp3) is 0.472. The first-order valence-corrected chi connectivity index (χ1v) is 23.1. The van der Waals surface area contributed by atoms with Crippen molar-refractivity contribution in [3.05, 3.63) is 129 Å². The molecule has 0 heterocycles. The number of hydrogen-bond acceptors (Lipinski definition) is 7. The predicted molar refractivity (Wildman–Crippen MR) is 259 cm³/mol. The van der Waals surface area contributed by atoms with Crippen LogP contribution in [0.3, 0.4) is 0 Å². The molecule has 4 aromatic carbocycles.